The maximum absolute atomic E-state index is 12.5. The predicted octanol–water partition coefficient (Wildman–Crippen LogP) is 3.65. The van der Waals surface area contributed by atoms with E-state index in [0.717, 1.165) is 23.4 Å². The molecule has 1 aliphatic rings. The zero-order chi connectivity index (χ0) is 20.3. The van der Waals surface area contributed by atoms with E-state index in [1.165, 1.54) is 16.0 Å². The van der Waals surface area contributed by atoms with Gasteiger partial charge in [-0.2, -0.15) is 0 Å². The molecule has 3 aromatic rings. The number of rotatable bonds is 7. The number of nitrogens with one attached hydrogen (secondary N) is 1. The fraction of sp³-hybridized carbons (Fsp3) is 0.400. The SMILES string of the molecule is O=C(CCCc1nc2ccccc2s1)N1CCC(NS(=O)(=O)c2cccs2)CC1. The van der Waals surface area contributed by atoms with Crippen LogP contribution in [0, 0.1) is 0 Å². The van der Waals surface area contributed by atoms with E-state index < -0.39 is 10.0 Å². The van der Waals surface area contributed by atoms with Gasteiger partial charge in [0.2, 0.25) is 15.9 Å². The highest BCUT2D eigenvalue weighted by atomic mass is 32.2. The number of sulfonamides is 1. The molecule has 1 saturated heterocycles. The summed E-state index contributed by atoms with van der Waals surface area (Å²) in [5, 5.41) is 2.82. The van der Waals surface area contributed by atoms with Crippen molar-refractivity contribution in [3.05, 3.63) is 46.8 Å². The fourth-order valence-electron chi connectivity index (χ4n) is 3.52. The molecule has 0 bridgehead atoms. The number of piperidine rings is 1. The third-order valence-corrected chi connectivity index (χ3v) is 9.06. The van der Waals surface area contributed by atoms with Crippen LogP contribution in [0.15, 0.2) is 46.0 Å². The molecule has 4 rings (SSSR count). The monoisotopic (exact) mass is 449 g/mol. The minimum atomic E-state index is -3.45. The number of carbonyl (C=O) groups is 1. The summed E-state index contributed by atoms with van der Waals surface area (Å²) in [7, 11) is -3.45. The Labute approximate surface area is 178 Å². The summed E-state index contributed by atoms with van der Waals surface area (Å²) in [6, 6.07) is 11.3. The number of nitrogens with zero attached hydrogens (tertiary/aromatic N) is 2. The Hall–Kier alpha value is -1.81. The molecular weight excluding hydrogens is 426 g/mol. The predicted molar refractivity (Wildman–Crippen MR) is 117 cm³/mol. The van der Waals surface area contributed by atoms with Gasteiger partial charge in [-0.05, 0) is 49.3 Å². The molecule has 1 aliphatic heterocycles. The Kier molecular flexibility index (Phi) is 6.29. The van der Waals surface area contributed by atoms with Crippen LogP contribution < -0.4 is 4.72 Å². The topological polar surface area (TPSA) is 79.4 Å². The fourth-order valence-corrected chi connectivity index (χ4v) is 6.84. The van der Waals surface area contributed by atoms with E-state index in [1.807, 2.05) is 23.1 Å². The van der Waals surface area contributed by atoms with Crippen molar-refractivity contribution < 1.29 is 13.2 Å². The Morgan fingerprint density at radius 3 is 2.69 bits per heavy atom. The number of likely N-dealkylation sites (tertiary alicyclic amines) is 1. The Morgan fingerprint density at radius 2 is 1.97 bits per heavy atom. The molecule has 29 heavy (non-hydrogen) atoms. The van der Waals surface area contributed by atoms with Gasteiger partial charge < -0.3 is 4.90 Å². The van der Waals surface area contributed by atoms with Crippen LogP contribution in [0.4, 0.5) is 0 Å². The number of para-hydroxylation sites is 1. The lowest BCUT2D eigenvalue weighted by molar-refractivity contribution is -0.132. The summed E-state index contributed by atoms with van der Waals surface area (Å²) in [4.78, 5) is 19.0. The molecule has 0 atom stereocenters. The first kappa shape index (κ1) is 20.5. The van der Waals surface area contributed by atoms with Crippen molar-refractivity contribution in [2.24, 2.45) is 0 Å². The second-order valence-corrected chi connectivity index (χ2v) is 11.1. The van der Waals surface area contributed by atoms with Gasteiger partial charge in [-0.25, -0.2) is 18.1 Å². The molecule has 0 saturated carbocycles. The second-order valence-electron chi connectivity index (χ2n) is 7.14. The van der Waals surface area contributed by atoms with Gasteiger partial charge in [0.1, 0.15) is 4.21 Å². The summed E-state index contributed by atoms with van der Waals surface area (Å²) in [6.07, 6.45) is 3.38. The van der Waals surface area contributed by atoms with Gasteiger partial charge in [-0.15, -0.1) is 22.7 Å². The molecule has 154 valence electrons. The van der Waals surface area contributed by atoms with E-state index in [-0.39, 0.29) is 11.9 Å². The lowest BCUT2D eigenvalue weighted by atomic mass is 10.1. The number of carbonyl (C=O) groups excluding carboxylic acids is 1. The number of thiophene rings is 1. The average molecular weight is 450 g/mol. The van der Waals surface area contributed by atoms with Gasteiger partial charge in [-0.3, -0.25) is 4.79 Å². The molecular formula is C20H23N3O3S3. The number of benzene rings is 1. The van der Waals surface area contributed by atoms with E-state index in [2.05, 4.69) is 15.8 Å². The third kappa shape index (κ3) is 5.03. The standard InChI is InChI=1S/C20H23N3O3S3/c24-19(8-3-7-18-21-16-5-1-2-6-17(16)28-18)23-12-10-15(11-13-23)22-29(25,26)20-9-4-14-27-20/h1-2,4-6,9,14-15,22H,3,7-8,10-13H2. The largest absolute Gasteiger partial charge is 0.343 e. The van der Waals surface area contributed by atoms with Crippen molar-refractivity contribution >= 4 is 48.8 Å². The number of thiazole rings is 1. The lowest BCUT2D eigenvalue weighted by Gasteiger charge is -2.32. The summed E-state index contributed by atoms with van der Waals surface area (Å²) in [5.74, 6) is 0.144. The van der Waals surface area contributed by atoms with Crippen LogP contribution in [0.1, 0.15) is 30.7 Å². The van der Waals surface area contributed by atoms with Crippen LogP contribution in [0.25, 0.3) is 10.2 Å². The highest BCUT2D eigenvalue weighted by Gasteiger charge is 2.26. The van der Waals surface area contributed by atoms with Crippen molar-refractivity contribution in [2.75, 3.05) is 13.1 Å². The lowest BCUT2D eigenvalue weighted by Crippen LogP contribution is -2.46. The maximum Gasteiger partial charge on any atom is 0.250 e. The van der Waals surface area contributed by atoms with Gasteiger partial charge >= 0.3 is 0 Å². The summed E-state index contributed by atoms with van der Waals surface area (Å²) in [5.41, 5.74) is 1.02. The summed E-state index contributed by atoms with van der Waals surface area (Å²) < 4.78 is 29.0. The number of hydrogen-bond donors (Lipinski definition) is 1. The zero-order valence-electron chi connectivity index (χ0n) is 15.9. The first-order valence-electron chi connectivity index (χ1n) is 9.69. The number of fused-ring (bicyclic) bond motifs is 1. The van der Waals surface area contributed by atoms with E-state index >= 15 is 0 Å². The Balaban J connectivity index is 1.22. The minimum absolute atomic E-state index is 0.117. The van der Waals surface area contributed by atoms with Crippen molar-refractivity contribution in [3.63, 3.8) is 0 Å². The molecule has 0 aliphatic carbocycles. The normalized spacial score (nSPS) is 15.8. The van der Waals surface area contributed by atoms with Gasteiger partial charge in [0.25, 0.3) is 0 Å². The van der Waals surface area contributed by atoms with Crippen LogP contribution in [-0.4, -0.2) is 43.3 Å². The van der Waals surface area contributed by atoms with Crippen LogP contribution in [0.3, 0.4) is 0 Å². The quantitative estimate of drug-likeness (QED) is 0.597. The van der Waals surface area contributed by atoms with E-state index in [1.54, 1.807) is 28.8 Å². The molecule has 0 radical (unpaired) electrons. The summed E-state index contributed by atoms with van der Waals surface area (Å²) in [6.45, 7) is 1.19. The molecule has 1 amide bonds. The van der Waals surface area contributed by atoms with Gasteiger partial charge in [0, 0.05) is 25.6 Å². The number of amides is 1. The Morgan fingerprint density at radius 1 is 1.17 bits per heavy atom. The van der Waals surface area contributed by atoms with E-state index in [0.29, 0.717) is 36.6 Å². The van der Waals surface area contributed by atoms with Crippen LogP contribution in [0.5, 0.6) is 0 Å². The first-order chi connectivity index (χ1) is 14.0. The minimum Gasteiger partial charge on any atom is -0.343 e. The third-order valence-electron chi connectivity index (χ3n) is 5.05. The Bertz CT molecular complexity index is 1040. The molecule has 1 N–H and O–H groups in total. The second kappa shape index (κ2) is 8.91. The molecule has 9 heteroatoms. The molecule has 1 aromatic carbocycles. The van der Waals surface area contributed by atoms with Crippen LogP contribution >= 0.6 is 22.7 Å². The molecule has 6 nitrogen and oxygen atoms in total. The van der Waals surface area contributed by atoms with Gasteiger partial charge in [0.15, 0.2) is 0 Å². The molecule has 2 aromatic heterocycles. The number of hydrogen-bond acceptors (Lipinski definition) is 6. The maximum atomic E-state index is 12.5. The molecule has 3 heterocycles. The summed E-state index contributed by atoms with van der Waals surface area (Å²) >= 11 is 2.90. The van der Waals surface area contributed by atoms with Gasteiger partial charge in [0.05, 0.1) is 15.2 Å². The smallest absolute Gasteiger partial charge is 0.250 e. The van der Waals surface area contributed by atoms with Crippen molar-refractivity contribution in [3.8, 4) is 0 Å². The van der Waals surface area contributed by atoms with E-state index in [9.17, 15) is 13.2 Å². The van der Waals surface area contributed by atoms with Crippen LogP contribution in [0.2, 0.25) is 0 Å². The van der Waals surface area contributed by atoms with Crippen LogP contribution in [-0.2, 0) is 21.2 Å². The van der Waals surface area contributed by atoms with E-state index in [4.69, 9.17) is 0 Å². The molecule has 0 spiro atoms. The molecule has 0 unspecified atom stereocenters. The first-order valence-corrected chi connectivity index (χ1v) is 12.9. The highest BCUT2D eigenvalue weighted by Crippen LogP contribution is 2.23. The number of aromatic nitrogens is 1. The van der Waals surface area contributed by atoms with Crippen molar-refractivity contribution in [1.82, 2.24) is 14.6 Å². The van der Waals surface area contributed by atoms with Crippen molar-refractivity contribution in [2.45, 2.75) is 42.4 Å². The highest BCUT2D eigenvalue weighted by molar-refractivity contribution is 7.91. The molecule has 1 fully saturated rings. The average Bonchev–Trinajstić information content (AvgIpc) is 3.38. The number of aryl methyl sites for hydroxylation is 1. The van der Waals surface area contributed by atoms with Gasteiger partial charge in [-0.1, -0.05) is 18.2 Å². The zero-order valence-corrected chi connectivity index (χ0v) is 18.4. The van der Waals surface area contributed by atoms with Crippen molar-refractivity contribution in [1.29, 1.82) is 0 Å².